The lowest BCUT2D eigenvalue weighted by Crippen LogP contribution is -2.37. The summed E-state index contributed by atoms with van der Waals surface area (Å²) >= 11 is 0. The van der Waals surface area contributed by atoms with E-state index in [2.05, 4.69) is 10.6 Å². The van der Waals surface area contributed by atoms with Crippen LogP contribution in [0.1, 0.15) is 40.9 Å². The molecular weight excluding hydrogens is 402 g/mol. The Morgan fingerprint density at radius 1 is 0.938 bits per heavy atom. The summed E-state index contributed by atoms with van der Waals surface area (Å²) in [6.07, 6.45) is 1.15. The molecule has 1 unspecified atom stereocenters. The molecule has 4 rings (SSSR count). The van der Waals surface area contributed by atoms with E-state index < -0.39 is 6.04 Å². The predicted molar refractivity (Wildman–Crippen MR) is 125 cm³/mol. The van der Waals surface area contributed by atoms with Gasteiger partial charge in [0.25, 0.3) is 11.8 Å². The lowest BCUT2D eigenvalue weighted by molar-refractivity contribution is -0.118. The third kappa shape index (κ3) is 4.54. The molecule has 2 N–H and O–H groups in total. The van der Waals surface area contributed by atoms with Crippen molar-refractivity contribution in [1.29, 1.82) is 0 Å². The van der Waals surface area contributed by atoms with Crippen molar-refractivity contribution in [2.24, 2.45) is 0 Å². The molecule has 6 nitrogen and oxygen atoms in total. The minimum atomic E-state index is -0.852. The molecule has 3 aromatic carbocycles. The molecule has 0 aliphatic carbocycles. The van der Waals surface area contributed by atoms with Gasteiger partial charge in [0, 0.05) is 29.9 Å². The standard InChI is InChI=1S/C26H25N3O3/c1-2-23(30)29-16-15-19-17-20(13-14-22(19)29)25(31)28-24(18-9-5-3-6-10-18)26(32)27-21-11-7-4-8-12-21/h3-14,17,24H,2,15-16H2,1H3,(H,27,32)(H,28,31). The van der Waals surface area contributed by atoms with Crippen molar-refractivity contribution in [3.05, 3.63) is 95.6 Å². The molecule has 32 heavy (non-hydrogen) atoms. The summed E-state index contributed by atoms with van der Waals surface area (Å²) in [6, 6.07) is 22.8. The van der Waals surface area contributed by atoms with Gasteiger partial charge in [-0.15, -0.1) is 0 Å². The van der Waals surface area contributed by atoms with E-state index in [-0.39, 0.29) is 17.7 Å². The number of anilines is 2. The highest BCUT2D eigenvalue weighted by Crippen LogP contribution is 2.29. The molecular formula is C26H25N3O3. The lowest BCUT2D eigenvalue weighted by Gasteiger charge is -2.20. The fourth-order valence-electron chi connectivity index (χ4n) is 3.89. The van der Waals surface area contributed by atoms with E-state index >= 15 is 0 Å². The van der Waals surface area contributed by atoms with Gasteiger partial charge in [-0.25, -0.2) is 0 Å². The smallest absolute Gasteiger partial charge is 0.252 e. The Hall–Kier alpha value is -3.93. The molecule has 0 fully saturated rings. The summed E-state index contributed by atoms with van der Waals surface area (Å²) in [6.45, 7) is 2.46. The van der Waals surface area contributed by atoms with Crippen LogP contribution in [0.3, 0.4) is 0 Å². The van der Waals surface area contributed by atoms with Gasteiger partial charge in [-0.3, -0.25) is 14.4 Å². The third-order valence-corrected chi connectivity index (χ3v) is 5.55. The van der Waals surface area contributed by atoms with E-state index in [1.165, 1.54) is 0 Å². The van der Waals surface area contributed by atoms with Crippen LogP contribution in [0.5, 0.6) is 0 Å². The molecule has 0 spiro atoms. The SMILES string of the molecule is CCC(=O)N1CCc2cc(C(=O)NC(C(=O)Nc3ccccc3)c3ccccc3)ccc21. The fourth-order valence-corrected chi connectivity index (χ4v) is 3.89. The Labute approximate surface area is 187 Å². The van der Waals surface area contributed by atoms with E-state index in [0.29, 0.717) is 36.2 Å². The van der Waals surface area contributed by atoms with Crippen molar-refractivity contribution in [1.82, 2.24) is 5.32 Å². The lowest BCUT2D eigenvalue weighted by atomic mass is 10.0. The van der Waals surface area contributed by atoms with Gasteiger partial charge in [0.1, 0.15) is 6.04 Å². The van der Waals surface area contributed by atoms with Gasteiger partial charge in [-0.1, -0.05) is 55.5 Å². The zero-order valence-corrected chi connectivity index (χ0v) is 17.9. The van der Waals surface area contributed by atoms with Crippen LogP contribution in [-0.4, -0.2) is 24.3 Å². The maximum atomic E-state index is 13.1. The van der Waals surface area contributed by atoms with E-state index in [1.54, 1.807) is 23.1 Å². The minimum absolute atomic E-state index is 0.0719. The number of nitrogens with zero attached hydrogens (tertiary/aromatic N) is 1. The Bertz CT molecular complexity index is 1130. The van der Waals surface area contributed by atoms with Crippen molar-refractivity contribution >= 4 is 29.1 Å². The number of rotatable bonds is 6. The molecule has 6 heteroatoms. The first-order valence-electron chi connectivity index (χ1n) is 10.7. The second-order valence-corrected chi connectivity index (χ2v) is 7.66. The number of carbonyl (C=O) groups excluding carboxylic acids is 3. The number of nitrogens with one attached hydrogen (secondary N) is 2. The summed E-state index contributed by atoms with van der Waals surface area (Å²) in [5.41, 5.74) is 3.63. The molecule has 0 saturated carbocycles. The van der Waals surface area contributed by atoms with Crippen LogP contribution in [0.4, 0.5) is 11.4 Å². The molecule has 3 amide bonds. The predicted octanol–water partition coefficient (Wildman–Crippen LogP) is 4.10. The molecule has 0 radical (unpaired) electrons. The van der Waals surface area contributed by atoms with E-state index in [1.807, 2.05) is 67.6 Å². The third-order valence-electron chi connectivity index (χ3n) is 5.55. The Balaban J connectivity index is 1.55. The van der Waals surface area contributed by atoms with Crippen molar-refractivity contribution in [2.45, 2.75) is 25.8 Å². The molecule has 1 aliphatic heterocycles. The molecule has 0 aromatic heterocycles. The zero-order chi connectivity index (χ0) is 22.5. The second kappa shape index (κ2) is 9.47. The average molecular weight is 428 g/mol. The van der Waals surface area contributed by atoms with Crippen LogP contribution in [0.15, 0.2) is 78.9 Å². The van der Waals surface area contributed by atoms with Gasteiger partial charge in [0.2, 0.25) is 5.91 Å². The Morgan fingerprint density at radius 3 is 2.31 bits per heavy atom. The van der Waals surface area contributed by atoms with Gasteiger partial charge >= 0.3 is 0 Å². The summed E-state index contributed by atoms with van der Waals surface area (Å²) in [5.74, 6) is -0.593. The average Bonchev–Trinajstić information content (AvgIpc) is 3.26. The minimum Gasteiger partial charge on any atom is -0.336 e. The van der Waals surface area contributed by atoms with E-state index in [4.69, 9.17) is 0 Å². The first-order chi connectivity index (χ1) is 15.6. The first kappa shape index (κ1) is 21.3. The van der Waals surface area contributed by atoms with Crippen molar-refractivity contribution in [3.63, 3.8) is 0 Å². The fraction of sp³-hybridized carbons (Fsp3) is 0.192. The number of benzene rings is 3. The number of para-hydroxylation sites is 1. The number of carbonyl (C=O) groups is 3. The van der Waals surface area contributed by atoms with Crippen molar-refractivity contribution in [3.8, 4) is 0 Å². The van der Waals surface area contributed by atoms with Crippen molar-refractivity contribution < 1.29 is 14.4 Å². The Kier molecular flexibility index (Phi) is 6.31. The number of hydrogen-bond acceptors (Lipinski definition) is 3. The van der Waals surface area contributed by atoms with Crippen LogP contribution in [0, 0.1) is 0 Å². The van der Waals surface area contributed by atoms with Gasteiger partial charge in [0.15, 0.2) is 0 Å². The quantitative estimate of drug-likeness (QED) is 0.622. The topological polar surface area (TPSA) is 78.5 Å². The highest BCUT2D eigenvalue weighted by atomic mass is 16.2. The van der Waals surface area contributed by atoms with Gasteiger partial charge in [-0.2, -0.15) is 0 Å². The van der Waals surface area contributed by atoms with Crippen LogP contribution in [0.25, 0.3) is 0 Å². The molecule has 0 bridgehead atoms. The molecule has 1 aliphatic rings. The summed E-state index contributed by atoms with van der Waals surface area (Å²) < 4.78 is 0. The first-order valence-corrected chi connectivity index (χ1v) is 10.7. The molecule has 0 saturated heterocycles. The highest BCUT2D eigenvalue weighted by Gasteiger charge is 2.27. The van der Waals surface area contributed by atoms with Crippen LogP contribution in [-0.2, 0) is 16.0 Å². The van der Waals surface area contributed by atoms with Crippen molar-refractivity contribution in [2.75, 3.05) is 16.8 Å². The maximum absolute atomic E-state index is 13.1. The zero-order valence-electron chi connectivity index (χ0n) is 17.9. The maximum Gasteiger partial charge on any atom is 0.252 e. The molecule has 1 heterocycles. The normalized spacial score (nSPS) is 13.2. The van der Waals surface area contributed by atoms with Crippen LogP contribution in [0.2, 0.25) is 0 Å². The summed E-state index contributed by atoms with van der Waals surface area (Å²) in [7, 11) is 0. The van der Waals surface area contributed by atoms with Crippen LogP contribution < -0.4 is 15.5 Å². The van der Waals surface area contributed by atoms with Crippen LogP contribution >= 0.6 is 0 Å². The summed E-state index contributed by atoms with van der Waals surface area (Å²) in [5, 5.41) is 5.74. The second-order valence-electron chi connectivity index (χ2n) is 7.66. The highest BCUT2D eigenvalue weighted by molar-refractivity contribution is 6.02. The number of amides is 3. The monoisotopic (exact) mass is 427 g/mol. The Morgan fingerprint density at radius 2 is 1.62 bits per heavy atom. The molecule has 3 aromatic rings. The largest absolute Gasteiger partial charge is 0.336 e. The van der Waals surface area contributed by atoms with E-state index in [9.17, 15) is 14.4 Å². The van der Waals surface area contributed by atoms with E-state index in [0.717, 1.165) is 11.3 Å². The molecule has 1 atom stereocenters. The molecule has 162 valence electrons. The van der Waals surface area contributed by atoms with Gasteiger partial charge in [-0.05, 0) is 47.9 Å². The summed E-state index contributed by atoms with van der Waals surface area (Å²) in [4.78, 5) is 40.0. The number of fused-ring (bicyclic) bond motifs is 1. The van der Waals surface area contributed by atoms with Gasteiger partial charge < -0.3 is 15.5 Å². The van der Waals surface area contributed by atoms with Gasteiger partial charge in [0.05, 0.1) is 0 Å². The number of hydrogen-bond donors (Lipinski definition) is 2.